The van der Waals surface area contributed by atoms with Crippen LogP contribution in [0.4, 0.5) is 49.1 Å². The zero-order valence-corrected chi connectivity index (χ0v) is 42.7. The van der Waals surface area contributed by atoms with Crippen LogP contribution in [-0.2, 0) is 21.8 Å². The minimum atomic E-state index is -4.55. The fourth-order valence-electron chi connectivity index (χ4n) is 9.65. The van der Waals surface area contributed by atoms with Gasteiger partial charge in [0, 0.05) is 96.2 Å². The molecule has 2 aromatic carbocycles. The fraction of sp³-hybridized carbons (Fsp3) is 0.393. The predicted molar refractivity (Wildman–Crippen MR) is 278 cm³/mol. The number of morpholine rings is 2. The van der Waals surface area contributed by atoms with Gasteiger partial charge in [0.25, 0.3) is 11.8 Å². The van der Waals surface area contributed by atoms with Crippen LogP contribution >= 0.6 is 0 Å². The molecular formula is C56H58F6N8O8. The van der Waals surface area contributed by atoms with E-state index in [-0.39, 0.29) is 35.5 Å². The molecule has 78 heavy (non-hydrogen) atoms. The molecule has 6 aromatic rings. The Kier molecular flexibility index (Phi) is 17.1. The number of nitrogens with one attached hydrogen (secondary N) is 2. The van der Waals surface area contributed by atoms with Crippen LogP contribution < -0.4 is 29.9 Å². The second kappa shape index (κ2) is 24.1. The zero-order chi connectivity index (χ0) is 55.1. The quantitative estimate of drug-likeness (QED) is 0.0847. The number of aromatic nitrogens is 4. The predicted octanol–water partition coefficient (Wildman–Crippen LogP) is 9.70. The van der Waals surface area contributed by atoms with Gasteiger partial charge in [-0.2, -0.15) is 26.3 Å². The standard InChI is InChI=1S/2C28H29F3N4O4/c2*1-17-24(13-21(16-32-17)34-26(37)18-3-2-4-20(11-18)28(29,30)31)19-12-25(35-7-9-38-10-8-35)27(33-15-19)39-23-6-5-22(36)14-23/h2*2-4,11-13,15-16,22-23,36H,5-10,14H2,1H3,(H,34,37)/t22-,23+;22-,23-/m10/s1. The van der Waals surface area contributed by atoms with Crippen molar-refractivity contribution < 1.29 is 65.1 Å². The van der Waals surface area contributed by atoms with Crippen LogP contribution in [0.5, 0.6) is 11.8 Å². The van der Waals surface area contributed by atoms with E-state index < -0.39 is 35.3 Å². The molecule has 4 fully saturated rings. The second-order valence-corrected chi connectivity index (χ2v) is 19.5. The summed E-state index contributed by atoms with van der Waals surface area (Å²) in [6.07, 6.45) is 0.214. The van der Waals surface area contributed by atoms with Crippen molar-refractivity contribution in [3.8, 4) is 34.0 Å². The van der Waals surface area contributed by atoms with Crippen LogP contribution in [0.1, 0.15) is 81.8 Å². The van der Waals surface area contributed by atoms with Gasteiger partial charge in [-0.1, -0.05) is 12.1 Å². The summed E-state index contributed by atoms with van der Waals surface area (Å²) >= 11 is 0. The molecule has 412 valence electrons. The average Bonchev–Trinajstić information content (AvgIpc) is 4.06. The first-order valence-corrected chi connectivity index (χ1v) is 25.6. The van der Waals surface area contributed by atoms with E-state index in [1.165, 1.54) is 36.7 Å². The van der Waals surface area contributed by atoms with Gasteiger partial charge in [-0.05, 0) is 100 Å². The van der Waals surface area contributed by atoms with Gasteiger partial charge >= 0.3 is 12.4 Å². The molecule has 0 unspecified atom stereocenters. The lowest BCUT2D eigenvalue weighted by molar-refractivity contribution is -0.138. The van der Waals surface area contributed by atoms with Crippen molar-refractivity contribution in [1.82, 2.24) is 19.9 Å². The maximum absolute atomic E-state index is 13.1. The van der Waals surface area contributed by atoms with Crippen molar-refractivity contribution in [3.63, 3.8) is 0 Å². The Morgan fingerprint density at radius 3 is 1.32 bits per heavy atom. The van der Waals surface area contributed by atoms with Gasteiger partial charge in [0.05, 0.1) is 73.5 Å². The summed E-state index contributed by atoms with van der Waals surface area (Å²) in [5, 5.41) is 25.1. The van der Waals surface area contributed by atoms with Crippen LogP contribution in [0.2, 0.25) is 0 Å². The molecule has 0 spiro atoms. The summed E-state index contributed by atoms with van der Waals surface area (Å²) in [7, 11) is 0. The summed E-state index contributed by atoms with van der Waals surface area (Å²) < 4.78 is 102. The number of amides is 2. The number of carbonyl (C=O) groups excluding carboxylic acids is 2. The Balaban J connectivity index is 0.000000190. The maximum atomic E-state index is 13.1. The molecule has 4 aliphatic rings. The van der Waals surface area contributed by atoms with Crippen LogP contribution in [0.3, 0.4) is 0 Å². The number of aryl methyl sites for hydroxylation is 2. The number of pyridine rings is 4. The largest absolute Gasteiger partial charge is 0.473 e. The number of hydrogen-bond acceptors (Lipinski definition) is 14. The Morgan fingerprint density at radius 2 is 0.962 bits per heavy atom. The summed E-state index contributed by atoms with van der Waals surface area (Å²) in [5.41, 5.74) is 4.56. The van der Waals surface area contributed by atoms with Crippen molar-refractivity contribution in [2.75, 3.05) is 73.0 Å². The van der Waals surface area contributed by atoms with Gasteiger partial charge in [-0.15, -0.1) is 0 Å². The molecule has 22 heteroatoms. The molecule has 2 aliphatic carbocycles. The topological polar surface area (TPSA) is 194 Å². The normalized spacial score (nSPS) is 19.7. The highest BCUT2D eigenvalue weighted by atomic mass is 19.4. The van der Waals surface area contributed by atoms with Gasteiger partial charge in [0.2, 0.25) is 11.8 Å². The van der Waals surface area contributed by atoms with Crippen LogP contribution in [0, 0.1) is 13.8 Å². The van der Waals surface area contributed by atoms with Crippen LogP contribution in [0.15, 0.2) is 97.6 Å². The van der Waals surface area contributed by atoms with Crippen molar-refractivity contribution >= 4 is 34.6 Å². The van der Waals surface area contributed by atoms with Crippen LogP contribution in [-0.4, -0.2) is 119 Å². The highest BCUT2D eigenvalue weighted by Gasteiger charge is 2.33. The SMILES string of the molecule is Cc1ncc(NC(=O)c2cccc(C(F)(F)F)c2)cc1-c1cnc(O[C@H]2CC[C@@H](O)C2)c(N2CCOCC2)c1.Cc1ncc(NC(=O)c2cccc(C(F)(F)F)c2)cc1-c1cnc(O[C@H]2CC[C@H](O)C2)c(N2CCOCC2)c1. The Labute approximate surface area is 445 Å². The number of ether oxygens (including phenoxy) is 4. The average molecular weight is 1090 g/mol. The lowest BCUT2D eigenvalue weighted by Crippen LogP contribution is -2.36. The van der Waals surface area contributed by atoms with Crippen LogP contribution in [0.25, 0.3) is 22.3 Å². The molecule has 0 radical (unpaired) electrons. The fourth-order valence-corrected chi connectivity index (χ4v) is 9.65. The van der Waals surface area contributed by atoms with E-state index in [0.29, 0.717) is 124 Å². The van der Waals surface area contributed by atoms with Gasteiger partial charge in [-0.3, -0.25) is 19.6 Å². The number of benzene rings is 2. The maximum Gasteiger partial charge on any atom is 0.416 e. The first-order valence-electron chi connectivity index (χ1n) is 25.6. The number of alkyl halides is 6. The van der Waals surface area contributed by atoms with Gasteiger partial charge in [0.1, 0.15) is 23.6 Å². The summed E-state index contributed by atoms with van der Waals surface area (Å²) in [6.45, 7) is 8.61. The molecule has 16 nitrogen and oxygen atoms in total. The first kappa shape index (κ1) is 55.4. The second-order valence-electron chi connectivity index (χ2n) is 19.5. The van der Waals surface area contributed by atoms with Crippen molar-refractivity contribution in [2.45, 2.75) is 89.1 Å². The van der Waals surface area contributed by atoms with Crippen molar-refractivity contribution in [1.29, 1.82) is 0 Å². The number of anilines is 4. The molecular weight excluding hydrogens is 1030 g/mol. The summed E-state index contributed by atoms with van der Waals surface area (Å²) in [4.78, 5) is 47.8. The van der Waals surface area contributed by atoms with E-state index in [4.69, 9.17) is 18.9 Å². The molecule has 6 heterocycles. The molecule has 4 N–H and O–H groups in total. The number of aliphatic hydroxyl groups is 2. The third kappa shape index (κ3) is 13.8. The van der Waals surface area contributed by atoms with Gasteiger partial charge < -0.3 is 49.6 Å². The molecule has 2 amide bonds. The highest BCUT2D eigenvalue weighted by molar-refractivity contribution is 6.05. The van der Waals surface area contributed by atoms with E-state index >= 15 is 0 Å². The van der Waals surface area contributed by atoms with E-state index in [0.717, 1.165) is 59.6 Å². The number of aliphatic hydroxyl groups excluding tert-OH is 2. The van der Waals surface area contributed by atoms with Crippen molar-refractivity contribution in [3.05, 3.63) is 131 Å². The number of hydrogen-bond donors (Lipinski definition) is 4. The zero-order valence-electron chi connectivity index (χ0n) is 42.7. The Morgan fingerprint density at radius 1 is 0.564 bits per heavy atom. The third-order valence-electron chi connectivity index (χ3n) is 13.9. The lowest BCUT2D eigenvalue weighted by Gasteiger charge is -2.30. The molecule has 2 saturated heterocycles. The van der Waals surface area contributed by atoms with E-state index in [1.54, 1.807) is 24.5 Å². The van der Waals surface area contributed by atoms with Crippen molar-refractivity contribution in [2.24, 2.45) is 0 Å². The monoisotopic (exact) mass is 1080 g/mol. The summed E-state index contributed by atoms with van der Waals surface area (Å²) in [6, 6.07) is 15.9. The number of carbonyl (C=O) groups is 2. The molecule has 0 bridgehead atoms. The smallest absolute Gasteiger partial charge is 0.416 e. The highest BCUT2D eigenvalue weighted by Crippen LogP contribution is 2.39. The molecule has 10 rings (SSSR count). The summed E-state index contributed by atoms with van der Waals surface area (Å²) in [5.74, 6) is -0.376. The molecule has 2 saturated carbocycles. The van der Waals surface area contributed by atoms with Gasteiger partial charge in [0.15, 0.2) is 0 Å². The number of rotatable bonds is 12. The number of halogens is 6. The van der Waals surface area contributed by atoms with E-state index in [2.05, 4.69) is 40.4 Å². The molecule has 2 aliphatic heterocycles. The molecule has 4 atom stereocenters. The Bertz CT molecular complexity index is 2890. The minimum absolute atomic E-state index is 0.109. The third-order valence-corrected chi connectivity index (χ3v) is 13.9. The first-order chi connectivity index (χ1) is 37.3. The lowest BCUT2D eigenvalue weighted by atomic mass is 10.0. The molecule has 4 aromatic heterocycles. The van der Waals surface area contributed by atoms with Gasteiger partial charge in [-0.25, -0.2) is 9.97 Å². The number of nitrogens with zero attached hydrogens (tertiary/aromatic N) is 6. The Hall–Kier alpha value is -7.40. The van der Waals surface area contributed by atoms with E-state index in [1.807, 2.05) is 26.0 Å². The minimum Gasteiger partial charge on any atom is -0.473 e. The van der Waals surface area contributed by atoms with E-state index in [9.17, 15) is 46.1 Å².